The zero-order valence-electron chi connectivity index (χ0n) is 15.9. The number of hydrogen-bond acceptors (Lipinski definition) is 4. The van der Waals surface area contributed by atoms with Gasteiger partial charge in [0.1, 0.15) is 0 Å². The van der Waals surface area contributed by atoms with Crippen LogP contribution in [0.5, 0.6) is 0 Å². The Morgan fingerprint density at radius 1 is 1.19 bits per heavy atom. The van der Waals surface area contributed by atoms with Gasteiger partial charge in [0.05, 0.1) is 30.2 Å². The number of sulfonamides is 1. The number of esters is 1. The maximum absolute atomic E-state index is 13.5. The second-order valence-corrected chi connectivity index (χ2v) is 8.74. The third kappa shape index (κ3) is 3.72. The Morgan fingerprint density at radius 2 is 1.89 bits per heavy atom. The molecule has 6 heteroatoms. The highest BCUT2D eigenvalue weighted by Crippen LogP contribution is 2.41. The molecule has 1 atom stereocenters. The molecule has 1 aliphatic rings. The largest absolute Gasteiger partial charge is 0.469 e. The van der Waals surface area contributed by atoms with Crippen molar-refractivity contribution in [1.29, 1.82) is 0 Å². The molecule has 0 fully saturated rings. The molecule has 5 nitrogen and oxygen atoms in total. The summed E-state index contributed by atoms with van der Waals surface area (Å²) >= 11 is 0. The summed E-state index contributed by atoms with van der Waals surface area (Å²) in [6, 6.07) is 12.2. The van der Waals surface area contributed by atoms with Gasteiger partial charge in [-0.15, -0.1) is 0 Å². The van der Waals surface area contributed by atoms with Crippen LogP contribution in [-0.2, 0) is 32.4 Å². The van der Waals surface area contributed by atoms with Gasteiger partial charge in [0.25, 0.3) is 10.0 Å². The number of rotatable bonds is 6. The Hall–Kier alpha value is -2.34. The summed E-state index contributed by atoms with van der Waals surface area (Å²) in [4.78, 5) is 12.2. The molecule has 0 bridgehead atoms. The first-order valence-corrected chi connectivity index (χ1v) is 10.6. The van der Waals surface area contributed by atoms with Crippen LogP contribution in [0, 0.1) is 6.92 Å². The number of benzene rings is 2. The highest BCUT2D eigenvalue weighted by Gasteiger charge is 2.40. The lowest BCUT2D eigenvalue weighted by atomic mass is 10.0. The van der Waals surface area contributed by atoms with Crippen LogP contribution in [-0.4, -0.2) is 27.5 Å². The summed E-state index contributed by atoms with van der Waals surface area (Å²) in [6.45, 7) is 3.99. The van der Waals surface area contributed by atoms with Gasteiger partial charge in [0.15, 0.2) is 0 Å². The summed E-state index contributed by atoms with van der Waals surface area (Å²) in [5.74, 6) is -0.408. The lowest BCUT2D eigenvalue weighted by Gasteiger charge is -2.28. The molecule has 0 N–H and O–H groups in total. The van der Waals surface area contributed by atoms with E-state index in [0.29, 0.717) is 6.42 Å². The molecule has 2 aromatic rings. The molecule has 1 aliphatic heterocycles. The quantitative estimate of drug-likeness (QED) is 0.710. The molecule has 0 saturated carbocycles. The third-order valence-corrected chi connectivity index (χ3v) is 6.80. The standard InChI is InChI=1S/C21H25NO4S/c1-4-6-16-7-5-8-17-13-18(14-20(23)26-3)22(21(16)17)27(24,25)19-11-9-15(2)10-12-19/h5,7-12,18H,4,6,13-14H2,1-3H3/t18-/m0/s1. The minimum atomic E-state index is -3.79. The first-order chi connectivity index (χ1) is 12.9. The number of aryl methyl sites for hydroxylation is 2. The van der Waals surface area contributed by atoms with Crippen molar-refractivity contribution in [3.05, 3.63) is 59.2 Å². The maximum atomic E-state index is 13.5. The van der Waals surface area contributed by atoms with E-state index in [2.05, 4.69) is 6.92 Å². The molecular weight excluding hydrogens is 362 g/mol. The molecule has 0 spiro atoms. The van der Waals surface area contributed by atoms with E-state index in [-0.39, 0.29) is 11.3 Å². The zero-order chi connectivity index (χ0) is 19.6. The normalized spacial score (nSPS) is 16.3. The van der Waals surface area contributed by atoms with Gasteiger partial charge in [0.2, 0.25) is 0 Å². The molecule has 0 aromatic heterocycles. The molecule has 2 aromatic carbocycles. The van der Waals surface area contributed by atoms with Crippen LogP contribution in [0.15, 0.2) is 47.4 Å². The minimum Gasteiger partial charge on any atom is -0.469 e. The van der Waals surface area contributed by atoms with E-state index in [4.69, 9.17) is 4.74 Å². The fraction of sp³-hybridized carbons (Fsp3) is 0.381. The predicted molar refractivity (Wildman–Crippen MR) is 105 cm³/mol. The van der Waals surface area contributed by atoms with E-state index in [1.165, 1.54) is 11.4 Å². The topological polar surface area (TPSA) is 63.7 Å². The Kier molecular flexibility index (Phi) is 5.56. The highest BCUT2D eigenvalue weighted by atomic mass is 32.2. The first kappa shape index (κ1) is 19.4. The van der Waals surface area contributed by atoms with E-state index < -0.39 is 22.0 Å². The van der Waals surface area contributed by atoms with E-state index in [1.54, 1.807) is 24.3 Å². The number of para-hydroxylation sites is 1. The number of nitrogens with zero attached hydrogens (tertiary/aromatic N) is 1. The van der Waals surface area contributed by atoms with Gasteiger partial charge in [-0.1, -0.05) is 49.2 Å². The molecule has 0 unspecified atom stereocenters. The lowest BCUT2D eigenvalue weighted by molar-refractivity contribution is -0.140. The van der Waals surface area contributed by atoms with E-state index in [9.17, 15) is 13.2 Å². The van der Waals surface area contributed by atoms with E-state index in [0.717, 1.165) is 35.2 Å². The molecule has 27 heavy (non-hydrogen) atoms. The Labute approximate surface area is 161 Å². The number of fused-ring (bicyclic) bond motifs is 1. The molecule has 0 saturated heterocycles. The average molecular weight is 388 g/mol. The van der Waals surface area contributed by atoms with Crippen molar-refractivity contribution in [3.8, 4) is 0 Å². The van der Waals surface area contributed by atoms with Crippen LogP contribution >= 0.6 is 0 Å². The number of hydrogen-bond donors (Lipinski definition) is 0. The summed E-state index contributed by atoms with van der Waals surface area (Å²) in [5.41, 5.74) is 3.69. The Morgan fingerprint density at radius 3 is 2.52 bits per heavy atom. The summed E-state index contributed by atoms with van der Waals surface area (Å²) < 4.78 is 33.3. The fourth-order valence-electron chi connectivity index (χ4n) is 3.65. The van der Waals surface area contributed by atoms with Gasteiger partial charge < -0.3 is 4.74 Å². The van der Waals surface area contributed by atoms with Crippen molar-refractivity contribution in [2.24, 2.45) is 0 Å². The SMILES string of the molecule is CCCc1cccc2c1N(S(=O)(=O)c1ccc(C)cc1)[C@H](CC(=O)OC)C2. The van der Waals surface area contributed by atoms with Crippen LogP contribution in [0.3, 0.4) is 0 Å². The molecule has 0 aliphatic carbocycles. The van der Waals surface area contributed by atoms with Crippen LogP contribution in [0.2, 0.25) is 0 Å². The maximum Gasteiger partial charge on any atom is 0.307 e. The third-order valence-electron chi connectivity index (χ3n) is 4.94. The van der Waals surface area contributed by atoms with Crippen LogP contribution in [0.25, 0.3) is 0 Å². The van der Waals surface area contributed by atoms with Crippen molar-refractivity contribution in [1.82, 2.24) is 0 Å². The Bertz CT molecular complexity index is 935. The smallest absolute Gasteiger partial charge is 0.307 e. The number of methoxy groups -OCH3 is 1. The average Bonchev–Trinajstić information content (AvgIpc) is 3.01. The van der Waals surface area contributed by atoms with E-state index >= 15 is 0 Å². The van der Waals surface area contributed by atoms with Gasteiger partial charge in [0, 0.05) is 0 Å². The van der Waals surface area contributed by atoms with Crippen molar-refractivity contribution in [3.63, 3.8) is 0 Å². The highest BCUT2D eigenvalue weighted by molar-refractivity contribution is 7.92. The minimum absolute atomic E-state index is 0.0296. The molecule has 1 heterocycles. The monoisotopic (exact) mass is 387 g/mol. The summed E-state index contributed by atoms with van der Waals surface area (Å²) in [5, 5.41) is 0. The Balaban J connectivity index is 2.13. The van der Waals surface area contributed by atoms with Crippen molar-refractivity contribution in [2.75, 3.05) is 11.4 Å². The van der Waals surface area contributed by atoms with Gasteiger partial charge in [-0.2, -0.15) is 0 Å². The number of carbonyl (C=O) groups excluding carboxylic acids is 1. The zero-order valence-corrected chi connectivity index (χ0v) is 16.8. The molecule has 3 rings (SSSR count). The van der Waals surface area contributed by atoms with Gasteiger partial charge >= 0.3 is 5.97 Å². The van der Waals surface area contributed by atoms with Gasteiger partial charge in [-0.05, 0) is 43.0 Å². The number of carbonyl (C=O) groups is 1. The first-order valence-electron chi connectivity index (χ1n) is 9.17. The van der Waals surface area contributed by atoms with Crippen LogP contribution in [0.4, 0.5) is 5.69 Å². The van der Waals surface area contributed by atoms with Crippen molar-refractivity contribution in [2.45, 2.75) is 50.5 Å². The lowest BCUT2D eigenvalue weighted by Crippen LogP contribution is -2.39. The number of anilines is 1. The number of ether oxygens (including phenoxy) is 1. The molecule has 144 valence electrons. The van der Waals surface area contributed by atoms with Gasteiger partial charge in [-0.25, -0.2) is 8.42 Å². The van der Waals surface area contributed by atoms with Crippen molar-refractivity contribution >= 4 is 21.7 Å². The van der Waals surface area contributed by atoms with Gasteiger partial charge in [-0.3, -0.25) is 9.10 Å². The molecular formula is C21H25NO4S. The molecule has 0 radical (unpaired) electrons. The second-order valence-electron chi connectivity index (χ2n) is 6.93. The summed E-state index contributed by atoms with van der Waals surface area (Å²) in [7, 11) is -2.46. The molecule has 0 amide bonds. The van der Waals surface area contributed by atoms with E-state index in [1.807, 2.05) is 25.1 Å². The van der Waals surface area contributed by atoms with Crippen LogP contribution < -0.4 is 4.31 Å². The second kappa shape index (κ2) is 7.72. The van der Waals surface area contributed by atoms with Crippen molar-refractivity contribution < 1.29 is 17.9 Å². The predicted octanol–water partition coefficient (Wildman–Crippen LogP) is 3.63. The summed E-state index contributed by atoms with van der Waals surface area (Å²) in [6.07, 6.45) is 2.24. The fourth-order valence-corrected chi connectivity index (χ4v) is 5.38. The van der Waals surface area contributed by atoms with Crippen LogP contribution in [0.1, 0.15) is 36.5 Å².